The van der Waals surface area contributed by atoms with Gasteiger partial charge in [0.1, 0.15) is 0 Å². The Morgan fingerprint density at radius 1 is 1.24 bits per heavy atom. The minimum atomic E-state index is -0.00884. The van der Waals surface area contributed by atoms with Crippen LogP contribution in [0.3, 0.4) is 0 Å². The van der Waals surface area contributed by atoms with Gasteiger partial charge in [-0.05, 0) is 40.3 Å². The quantitative estimate of drug-likeness (QED) is 0.824. The molecule has 1 aliphatic rings. The second kappa shape index (κ2) is 3.82. The summed E-state index contributed by atoms with van der Waals surface area (Å²) in [5, 5.41) is 4.74. The Labute approximate surface area is 102 Å². The molecule has 0 saturated carbocycles. The lowest BCUT2D eigenvalue weighted by atomic mass is 10.0. The van der Waals surface area contributed by atoms with Crippen molar-refractivity contribution >= 4 is 23.5 Å². The molecule has 3 nitrogen and oxygen atoms in total. The second-order valence-corrected chi connectivity index (χ2v) is 4.85. The molecule has 0 spiro atoms. The van der Waals surface area contributed by atoms with Gasteiger partial charge in [0.25, 0.3) is 5.91 Å². The molecular formula is C13H9NO2S. The fourth-order valence-electron chi connectivity index (χ4n) is 1.98. The average Bonchev–Trinajstić information content (AvgIpc) is 2.96. The molecule has 1 amide bonds. The molecule has 84 valence electrons. The van der Waals surface area contributed by atoms with Gasteiger partial charge in [-0.25, -0.2) is 0 Å². The van der Waals surface area contributed by atoms with E-state index in [0.717, 1.165) is 33.4 Å². The van der Waals surface area contributed by atoms with Crippen LogP contribution in [0, 0.1) is 0 Å². The summed E-state index contributed by atoms with van der Waals surface area (Å²) >= 11 is 1.43. The number of hydrogen-bond donors (Lipinski definition) is 1. The number of benzene rings is 1. The number of aldehydes is 1. The van der Waals surface area contributed by atoms with Gasteiger partial charge >= 0.3 is 0 Å². The molecule has 0 unspecified atom stereocenters. The molecule has 17 heavy (non-hydrogen) atoms. The van der Waals surface area contributed by atoms with Crippen molar-refractivity contribution < 1.29 is 9.59 Å². The van der Waals surface area contributed by atoms with E-state index in [1.165, 1.54) is 11.3 Å². The summed E-state index contributed by atoms with van der Waals surface area (Å²) in [4.78, 5) is 22.8. The van der Waals surface area contributed by atoms with Crippen molar-refractivity contribution in [1.29, 1.82) is 0 Å². The standard InChI is InChI=1S/C13H9NO2S/c15-6-11-4-10(7-17-11)8-1-2-12-9(3-8)5-14-13(12)16/h1-4,6-7H,5H2,(H,14,16). The van der Waals surface area contributed by atoms with Crippen LogP contribution in [0.25, 0.3) is 11.1 Å². The maximum absolute atomic E-state index is 11.4. The van der Waals surface area contributed by atoms with E-state index in [1.807, 2.05) is 29.6 Å². The maximum Gasteiger partial charge on any atom is 0.251 e. The molecular weight excluding hydrogens is 234 g/mol. The lowest BCUT2D eigenvalue weighted by Gasteiger charge is -2.00. The first kappa shape index (κ1) is 10.2. The highest BCUT2D eigenvalue weighted by molar-refractivity contribution is 7.12. The normalized spacial score (nSPS) is 13.3. The summed E-state index contributed by atoms with van der Waals surface area (Å²) in [7, 11) is 0. The molecule has 2 aromatic rings. The number of rotatable bonds is 2. The van der Waals surface area contributed by atoms with E-state index in [2.05, 4.69) is 5.32 Å². The maximum atomic E-state index is 11.4. The third-order valence-corrected chi connectivity index (χ3v) is 3.72. The molecule has 1 aromatic heterocycles. The van der Waals surface area contributed by atoms with Gasteiger partial charge in [0.2, 0.25) is 0 Å². The van der Waals surface area contributed by atoms with Crippen molar-refractivity contribution in [2.45, 2.75) is 6.54 Å². The van der Waals surface area contributed by atoms with Crippen LogP contribution in [0.4, 0.5) is 0 Å². The third-order valence-electron chi connectivity index (χ3n) is 2.86. The number of carbonyl (C=O) groups is 2. The Morgan fingerprint density at radius 2 is 2.12 bits per heavy atom. The number of carbonyl (C=O) groups excluding carboxylic acids is 2. The van der Waals surface area contributed by atoms with E-state index in [4.69, 9.17) is 0 Å². The summed E-state index contributed by atoms with van der Waals surface area (Å²) in [6, 6.07) is 7.62. The van der Waals surface area contributed by atoms with Gasteiger partial charge in [-0.1, -0.05) is 6.07 Å². The summed E-state index contributed by atoms with van der Waals surface area (Å²) in [6.07, 6.45) is 0.854. The fourth-order valence-corrected chi connectivity index (χ4v) is 2.70. The number of nitrogens with one attached hydrogen (secondary N) is 1. The smallest absolute Gasteiger partial charge is 0.251 e. The summed E-state index contributed by atoms with van der Waals surface area (Å²) in [5.41, 5.74) is 3.84. The minimum absolute atomic E-state index is 0.00884. The van der Waals surface area contributed by atoms with E-state index in [-0.39, 0.29) is 5.91 Å². The molecule has 1 aliphatic heterocycles. The van der Waals surface area contributed by atoms with E-state index < -0.39 is 0 Å². The largest absolute Gasteiger partial charge is 0.348 e. The molecule has 3 rings (SSSR count). The second-order valence-electron chi connectivity index (χ2n) is 3.91. The summed E-state index contributed by atoms with van der Waals surface area (Å²) in [6.45, 7) is 0.590. The molecule has 4 heteroatoms. The van der Waals surface area contributed by atoms with Gasteiger partial charge in [-0.3, -0.25) is 9.59 Å². The van der Waals surface area contributed by atoms with Crippen molar-refractivity contribution in [2.75, 3.05) is 0 Å². The monoisotopic (exact) mass is 243 g/mol. The van der Waals surface area contributed by atoms with Crippen LogP contribution in [-0.2, 0) is 6.54 Å². The van der Waals surface area contributed by atoms with Crippen molar-refractivity contribution in [1.82, 2.24) is 5.32 Å². The van der Waals surface area contributed by atoms with Gasteiger partial charge in [0.05, 0.1) is 4.88 Å². The lowest BCUT2D eigenvalue weighted by molar-refractivity contribution is 0.0965. The van der Waals surface area contributed by atoms with E-state index in [9.17, 15) is 9.59 Å². The molecule has 0 radical (unpaired) electrons. The van der Waals surface area contributed by atoms with Gasteiger partial charge in [0.15, 0.2) is 6.29 Å². The highest BCUT2D eigenvalue weighted by Gasteiger charge is 2.18. The Kier molecular flexibility index (Phi) is 2.30. The van der Waals surface area contributed by atoms with Gasteiger partial charge in [0, 0.05) is 12.1 Å². The van der Waals surface area contributed by atoms with Crippen LogP contribution in [0.15, 0.2) is 29.6 Å². The predicted octanol–water partition coefficient (Wildman–Crippen LogP) is 2.47. The Bertz CT molecular complexity index is 616. The third kappa shape index (κ3) is 1.66. The molecule has 1 N–H and O–H groups in total. The van der Waals surface area contributed by atoms with Crippen molar-refractivity contribution in [3.8, 4) is 11.1 Å². The SMILES string of the molecule is O=Cc1cc(-c2ccc3c(c2)CNC3=O)cs1. The topological polar surface area (TPSA) is 46.2 Å². The van der Waals surface area contributed by atoms with Gasteiger partial charge in [-0.15, -0.1) is 11.3 Å². The predicted molar refractivity (Wildman–Crippen MR) is 66.3 cm³/mol. The molecule has 0 aliphatic carbocycles. The zero-order valence-electron chi connectivity index (χ0n) is 8.90. The molecule has 0 atom stereocenters. The van der Waals surface area contributed by atoms with Crippen molar-refractivity contribution in [3.05, 3.63) is 45.6 Å². The first-order valence-electron chi connectivity index (χ1n) is 5.23. The van der Waals surface area contributed by atoms with Crippen molar-refractivity contribution in [3.63, 3.8) is 0 Å². The lowest BCUT2D eigenvalue weighted by Crippen LogP contribution is -2.12. The molecule has 0 fully saturated rings. The first-order chi connectivity index (χ1) is 8.28. The van der Waals surface area contributed by atoms with Gasteiger partial charge < -0.3 is 5.32 Å². The van der Waals surface area contributed by atoms with E-state index >= 15 is 0 Å². The Balaban J connectivity index is 2.05. The summed E-state index contributed by atoms with van der Waals surface area (Å²) < 4.78 is 0. The van der Waals surface area contributed by atoms with E-state index in [1.54, 1.807) is 0 Å². The first-order valence-corrected chi connectivity index (χ1v) is 6.11. The van der Waals surface area contributed by atoms with Gasteiger partial charge in [-0.2, -0.15) is 0 Å². The van der Waals surface area contributed by atoms with Crippen LogP contribution in [-0.4, -0.2) is 12.2 Å². The fraction of sp³-hybridized carbons (Fsp3) is 0.0769. The van der Waals surface area contributed by atoms with E-state index in [0.29, 0.717) is 6.54 Å². The highest BCUT2D eigenvalue weighted by atomic mass is 32.1. The molecule has 0 bridgehead atoms. The molecule has 1 aromatic carbocycles. The van der Waals surface area contributed by atoms with Crippen LogP contribution in [0.5, 0.6) is 0 Å². The Hall–Kier alpha value is -1.94. The van der Waals surface area contributed by atoms with Crippen molar-refractivity contribution in [2.24, 2.45) is 0 Å². The Morgan fingerprint density at radius 3 is 2.88 bits per heavy atom. The minimum Gasteiger partial charge on any atom is -0.348 e. The number of amides is 1. The van der Waals surface area contributed by atoms with Crippen LogP contribution < -0.4 is 5.32 Å². The summed E-state index contributed by atoms with van der Waals surface area (Å²) in [5.74, 6) is -0.00884. The average molecular weight is 243 g/mol. The number of thiophene rings is 1. The zero-order chi connectivity index (χ0) is 11.8. The molecule has 2 heterocycles. The number of fused-ring (bicyclic) bond motifs is 1. The molecule has 0 saturated heterocycles. The zero-order valence-corrected chi connectivity index (χ0v) is 9.71. The highest BCUT2D eigenvalue weighted by Crippen LogP contribution is 2.28. The van der Waals surface area contributed by atoms with Crippen LogP contribution in [0.2, 0.25) is 0 Å². The van der Waals surface area contributed by atoms with Crippen LogP contribution >= 0.6 is 11.3 Å². The van der Waals surface area contributed by atoms with Crippen LogP contribution in [0.1, 0.15) is 25.6 Å². The number of hydrogen-bond acceptors (Lipinski definition) is 3.